The molecule has 0 saturated carbocycles. The normalized spacial score (nSPS) is 10.8. The number of hydrogen-bond donors (Lipinski definition) is 0. The number of carbonyl (C=O) groups excluding carboxylic acids is 1. The van der Waals surface area contributed by atoms with Gasteiger partial charge in [0.2, 0.25) is 5.91 Å². The minimum absolute atomic E-state index is 0.0985. The van der Waals surface area contributed by atoms with E-state index in [0.29, 0.717) is 31.9 Å². The van der Waals surface area contributed by atoms with Crippen LogP contribution in [0.4, 0.5) is 0 Å². The van der Waals surface area contributed by atoms with Crippen LogP contribution >= 0.6 is 0 Å². The number of nitriles is 1. The van der Waals surface area contributed by atoms with E-state index in [1.165, 1.54) is 0 Å². The van der Waals surface area contributed by atoms with Crippen molar-refractivity contribution in [2.75, 3.05) is 46.9 Å². The first-order valence-electron chi connectivity index (χ1n) is 6.83. The van der Waals surface area contributed by atoms with Crippen LogP contribution in [0, 0.1) is 17.2 Å². The Morgan fingerprint density at radius 1 is 1.32 bits per heavy atom. The zero-order valence-corrected chi connectivity index (χ0v) is 12.7. The Labute approximate surface area is 117 Å². The number of amides is 1. The molecule has 0 aliphatic rings. The quantitative estimate of drug-likeness (QED) is 0.601. The van der Waals surface area contributed by atoms with E-state index in [-0.39, 0.29) is 5.91 Å². The Morgan fingerprint density at radius 3 is 2.53 bits per heavy atom. The lowest BCUT2D eigenvalue weighted by molar-refractivity contribution is -0.130. The van der Waals surface area contributed by atoms with Crippen molar-refractivity contribution in [1.82, 2.24) is 9.80 Å². The van der Waals surface area contributed by atoms with E-state index in [2.05, 4.69) is 24.8 Å². The zero-order valence-electron chi connectivity index (χ0n) is 12.7. The Bertz CT molecular complexity index is 287. The standard InChI is InChI=1S/C14H27N3O2/c1-13(2)12-17(10-11-19-4)9-6-14(18)16(3)8-5-7-15/h13H,5-6,8-12H2,1-4H3. The number of methoxy groups -OCH3 is 1. The number of carbonyl (C=O) groups is 1. The van der Waals surface area contributed by atoms with E-state index in [1.54, 1.807) is 19.1 Å². The highest BCUT2D eigenvalue weighted by Crippen LogP contribution is 2.02. The molecule has 0 aromatic carbocycles. The molecule has 0 rings (SSSR count). The van der Waals surface area contributed by atoms with Gasteiger partial charge < -0.3 is 14.5 Å². The summed E-state index contributed by atoms with van der Waals surface area (Å²) in [4.78, 5) is 15.8. The van der Waals surface area contributed by atoms with Crippen molar-refractivity contribution < 1.29 is 9.53 Å². The maximum atomic E-state index is 11.9. The Hall–Kier alpha value is -1.12. The van der Waals surface area contributed by atoms with Crippen molar-refractivity contribution in [3.05, 3.63) is 0 Å². The van der Waals surface area contributed by atoms with Gasteiger partial charge >= 0.3 is 0 Å². The maximum absolute atomic E-state index is 11.9. The first kappa shape index (κ1) is 17.9. The molecule has 110 valence electrons. The second kappa shape index (κ2) is 10.8. The first-order valence-corrected chi connectivity index (χ1v) is 6.83. The van der Waals surface area contributed by atoms with Gasteiger partial charge in [-0.05, 0) is 5.92 Å². The number of rotatable bonds is 10. The van der Waals surface area contributed by atoms with E-state index < -0.39 is 0 Å². The van der Waals surface area contributed by atoms with E-state index in [1.807, 2.05) is 0 Å². The van der Waals surface area contributed by atoms with Crippen molar-refractivity contribution in [1.29, 1.82) is 5.26 Å². The van der Waals surface area contributed by atoms with E-state index in [0.717, 1.165) is 19.6 Å². The van der Waals surface area contributed by atoms with Crippen LogP contribution in [-0.4, -0.2) is 62.7 Å². The van der Waals surface area contributed by atoms with Crippen molar-refractivity contribution in [2.45, 2.75) is 26.7 Å². The van der Waals surface area contributed by atoms with Crippen LogP contribution in [0.3, 0.4) is 0 Å². The monoisotopic (exact) mass is 269 g/mol. The third-order valence-electron chi connectivity index (χ3n) is 2.86. The Balaban J connectivity index is 4.07. The Kier molecular flexibility index (Phi) is 10.1. The molecule has 5 nitrogen and oxygen atoms in total. The van der Waals surface area contributed by atoms with Gasteiger partial charge in [0.1, 0.15) is 0 Å². The minimum Gasteiger partial charge on any atom is -0.383 e. The number of nitrogens with zero attached hydrogens (tertiary/aromatic N) is 3. The molecule has 5 heteroatoms. The van der Waals surface area contributed by atoms with Crippen LogP contribution in [0.5, 0.6) is 0 Å². The predicted octanol–water partition coefficient (Wildman–Crippen LogP) is 1.35. The van der Waals surface area contributed by atoms with Gasteiger partial charge in [0, 0.05) is 46.8 Å². The van der Waals surface area contributed by atoms with Gasteiger partial charge in [-0.15, -0.1) is 0 Å². The lowest BCUT2D eigenvalue weighted by Crippen LogP contribution is -2.36. The predicted molar refractivity (Wildman–Crippen MR) is 75.6 cm³/mol. The summed E-state index contributed by atoms with van der Waals surface area (Å²) in [5.74, 6) is 0.671. The molecule has 0 N–H and O–H groups in total. The molecular formula is C14H27N3O2. The van der Waals surface area contributed by atoms with Crippen LogP contribution in [0.15, 0.2) is 0 Å². The summed E-state index contributed by atoms with van der Waals surface area (Å²) in [6.45, 7) is 8.10. The number of ether oxygens (including phenoxy) is 1. The molecule has 0 radical (unpaired) electrons. The molecule has 0 atom stereocenters. The van der Waals surface area contributed by atoms with E-state index in [4.69, 9.17) is 10.00 Å². The van der Waals surface area contributed by atoms with Gasteiger partial charge in [0.05, 0.1) is 19.1 Å². The molecular weight excluding hydrogens is 242 g/mol. The lowest BCUT2D eigenvalue weighted by Gasteiger charge is -2.24. The molecule has 0 aromatic rings. The van der Waals surface area contributed by atoms with Crippen LogP contribution < -0.4 is 0 Å². The molecule has 0 unspecified atom stereocenters. The molecule has 19 heavy (non-hydrogen) atoms. The largest absolute Gasteiger partial charge is 0.383 e. The summed E-state index contributed by atoms with van der Waals surface area (Å²) in [5.41, 5.74) is 0. The zero-order chi connectivity index (χ0) is 14.7. The number of hydrogen-bond acceptors (Lipinski definition) is 4. The fourth-order valence-electron chi connectivity index (χ4n) is 1.82. The first-order chi connectivity index (χ1) is 9.01. The minimum atomic E-state index is 0.0985. The van der Waals surface area contributed by atoms with Crippen LogP contribution in [0.1, 0.15) is 26.7 Å². The molecule has 0 heterocycles. The summed E-state index contributed by atoms with van der Waals surface area (Å²) in [6.07, 6.45) is 0.889. The summed E-state index contributed by atoms with van der Waals surface area (Å²) in [5, 5.41) is 8.50. The second-order valence-corrected chi connectivity index (χ2v) is 5.16. The van der Waals surface area contributed by atoms with Gasteiger partial charge in [-0.25, -0.2) is 0 Å². The van der Waals surface area contributed by atoms with E-state index in [9.17, 15) is 4.79 Å². The summed E-state index contributed by atoms with van der Waals surface area (Å²) in [6, 6.07) is 2.05. The lowest BCUT2D eigenvalue weighted by atomic mass is 10.2. The fraction of sp³-hybridized carbons (Fsp3) is 0.857. The summed E-state index contributed by atoms with van der Waals surface area (Å²) >= 11 is 0. The smallest absolute Gasteiger partial charge is 0.223 e. The van der Waals surface area contributed by atoms with Crippen molar-refractivity contribution in [2.24, 2.45) is 5.92 Å². The van der Waals surface area contributed by atoms with Crippen molar-refractivity contribution in [3.8, 4) is 6.07 Å². The third-order valence-corrected chi connectivity index (χ3v) is 2.86. The van der Waals surface area contributed by atoms with Crippen LogP contribution in [0.25, 0.3) is 0 Å². The van der Waals surface area contributed by atoms with Gasteiger partial charge in [0.15, 0.2) is 0 Å². The molecule has 0 aliphatic heterocycles. The van der Waals surface area contributed by atoms with Gasteiger partial charge in [-0.2, -0.15) is 5.26 Å². The summed E-state index contributed by atoms with van der Waals surface area (Å²) in [7, 11) is 3.44. The van der Waals surface area contributed by atoms with Gasteiger partial charge in [-0.1, -0.05) is 13.8 Å². The van der Waals surface area contributed by atoms with Gasteiger partial charge in [-0.3, -0.25) is 4.79 Å². The SMILES string of the molecule is COCCN(CCC(=O)N(C)CCC#N)CC(C)C. The van der Waals surface area contributed by atoms with Crippen LogP contribution in [-0.2, 0) is 9.53 Å². The average Bonchev–Trinajstić information content (AvgIpc) is 2.38. The fourth-order valence-corrected chi connectivity index (χ4v) is 1.82. The highest BCUT2D eigenvalue weighted by Gasteiger charge is 2.12. The topological polar surface area (TPSA) is 56.6 Å². The van der Waals surface area contributed by atoms with E-state index >= 15 is 0 Å². The molecule has 0 spiro atoms. The van der Waals surface area contributed by atoms with Crippen molar-refractivity contribution in [3.63, 3.8) is 0 Å². The van der Waals surface area contributed by atoms with Crippen molar-refractivity contribution >= 4 is 5.91 Å². The molecule has 0 fully saturated rings. The average molecular weight is 269 g/mol. The second-order valence-electron chi connectivity index (χ2n) is 5.16. The molecule has 0 aromatic heterocycles. The van der Waals surface area contributed by atoms with Gasteiger partial charge in [0.25, 0.3) is 0 Å². The molecule has 1 amide bonds. The maximum Gasteiger partial charge on any atom is 0.223 e. The summed E-state index contributed by atoms with van der Waals surface area (Å²) < 4.78 is 5.09. The Morgan fingerprint density at radius 2 is 2.00 bits per heavy atom. The third kappa shape index (κ3) is 9.46. The molecule has 0 aliphatic carbocycles. The van der Waals surface area contributed by atoms with Crippen LogP contribution in [0.2, 0.25) is 0 Å². The molecule has 0 saturated heterocycles. The highest BCUT2D eigenvalue weighted by molar-refractivity contribution is 5.76. The molecule has 0 bridgehead atoms. The highest BCUT2D eigenvalue weighted by atomic mass is 16.5.